The van der Waals surface area contributed by atoms with Gasteiger partial charge in [0.2, 0.25) is 0 Å². The summed E-state index contributed by atoms with van der Waals surface area (Å²) in [6.07, 6.45) is 8.79. The molecular weight excluding hydrogens is 286 g/mol. The molecular formula is C18H25N5. The molecule has 122 valence electrons. The second-order valence-electron chi connectivity index (χ2n) is 6.15. The number of aliphatic imine (C=N–C) groups is 1. The van der Waals surface area contributed by atoms with E-state index in [2.05, 4.69) is 44.1 Å². The molecule has 0 amide bonds. The maximum atomic E-state index is 5.93. The van der Waals surface area contributed by atoms with Gasteiger partial charge in [0.1, 0.15) is 12.4 Å². The van der Waals surface area contributed by atoms with E-state index < -0.39 is 0 Å². The van der Waals surface area contributed by atoms with Crippen molar-refractivity contribution in [2.24, 2.45) is 16.6 Å². The van der Waals surface area contributed by atoms with Crippen molar-refractivity contribution in [2.75, 3.05) is 6.54 Å². The highest BCUT2D eigenvalue weighted by atomic mass is 15.1. The topological polar surface area (TPSA) is 68.2 Å². The van der Waals surface area contributed by atoms with Crippen LogP contribution in [0.15, 0.2) is 47.7 Å². The average molecular weight is 311 g/mol. The maximum absolute atomic E-state index is 5.93. The van der Waals surface area contributed by atoms with Crippen molar-refractivity contribution < 1.29 is 0 Å². The van der Waals surface area contributed by atoms with Gasteiger partial charge in [-0.25, -0.2) is 9.98 Å². The van der Waals surface area contributed by atoms with Crippen LogP contribution >= 0.6 is 0 Å². The number of rotatable bonds is 7. The maximum Gasteiger partial charge on any atom is 0.189 e. The Hall–Kier alpha value is -2.30. The summed E-state index contributed by atoms with van der Waals surface area (Å²) in [6, 6.07) is 10.5. The monoisotopic (exact) mass is 311 g/mol. The number of guanidine groups is 1. The number of nitrogens with zero attached hydrogens (tertiary/aromatic N) is 3. The van der Waals surface area contributed by atoms with Gasteiger partial charge in [0.05, 0.1) is 0 Å². The van der Waals surface area contributed by atoms with Crippen LogP contribution in [0.4, 0.5) is 0 Å². The first kappa shape index (κ1) is 15.6. The number of aryl methyl sites for hydroxylation is 2. The Labute approximate surface area is 137 Å². The third-order valence-electron chi connectivity index (χ3n) is 4.47. The number of hydrogen-bond acceptors (Lipinski definition) is 2. The summed E-state index contributed by atoms with van der Waals surface area (Å²) in [4.78, 5) is 8.81. The molecule has 0 atom stereocenters. The number of aromatic nitrogens is 2. The first-order valence-electron chi connectivity index (χ1n) is 8.39. The van der Waals surface area contributed by atoms with Crippen molar-refractivity contribution in [3.63, 3.8) is 0 Å². The first-order chi connectivity index (χ1) is 11.3. The Balaban J connectivity index is 1.49. The van der Waals surface area contributed by atoms with E-state index in [1.54, 1.807) is 0 Å². The normalized spacial score (nSPS) is 15.4. The molecule has 0 saturated heterocycles. The molecule has 23 heavy (non-hydrogen) atoms. The lowest BCUT2D eigenvalue weighted by Crippen LogP contribution is -2.37. The van der Waals surface area contributed by atoms with E-state index in [-0.39, 0.29) is 0 Å². The quantitative estimate of drug-likeness (QED) is 0.609. The van der Waals surface area contributed by atoms with Gasteiger partial charge < -0.3 is 15.6 Å². The SMILES string of the molecule is NC(=NCc1nccn1CCc1ccccc1)NCC1CCC1. The van der Waals surface area contributed by atoms with Gasteiger partial charge in [0.25, 0.3) is 0 Å². The first-order valence-corrected chi connectivity index (χ1v) is 8.39. The second-order valence-corrected chi connectivity index (χ2v) is 6.15. The van der Waals surface area contributed by atoms with Gasteiger partial charge in [-0.15, -0.1) is 0 Å². The molecule has 1 aliphatic rings. The number of imidazole rings is 1. The summed E-state index contributed by atoms with van der Waals surface area (Å²) in [5.74, 6) is 2.25. The summed E-state index contributed by atoms with van der Waals surface area (Å²) in [5, 5.41) is 3.22. The van der Waals surface area contributed by atoms with Crippen molar-refractivity contribution in [1.82, 2.24) is 14.9 Å². The molecule has 0 unspecified atom stereocenters. The highest BCUT2D eigenvalue weighted by molar-refractivity contribution is 5.77. The van der Waals surface area contributed by atoms with E-state index in [9.17, 15) is 0 Å². The molecule has 5 heteroatoms. The van der Waals surface area contributed by atoms with Crippen LogP contribution in [-0.4, -0.2) is 22.1 Å². The van der Waals surface area contributed by atoms with Crippen molar-refractivity contribution in [3.8, 4) is 0 Å². The highest BCUT2D eigenvalue weighted by Crippen LogP contribution is 2.24. The largest absolute Gasteiger partial charge is 0.370 e. The minimum Gasteiger partial charge on any atom is -0.370 e. The average Bonchev–Trinajstić information content (AvgIpc) is 2.98. The van der Waals surface area contributed by atoms with Gasteiger partial charge in [-0.3, -0.25) is 0 Å². The molecule has 1 saturated carbocycles. The predicted octanol–water partition coefficient (Wildman–Crippen LogP) is 2.33. The number of benzene rings is 1. The molecule has 0 aliphatic heterocycles. The van der Waals surface area contributed by atoms with Gasteiger partial charge in [0.15, 0.2) is 5.96 Å². The fourth-order valence-corrected chi connectivity index (χ4v) is 2.75. The summed E-state index contributed by atoms with van der Waals surface area (Å²) in [6.45, 7) is 2.37. The fourth-order valence-electron chi connectivity index (χ4n) is 2.75. The Morgan fingerprint density at radius 3 is 2.87 bits per heavy atom. The minimum atomic E-state index is 0.519. The van der Waals surface area contributed by atoms with Crippen LogP contribution in [0.5, 0.6) is 0 Å². The molecule has 1 aliphatic carbocycles. The molecule has 3 N–H and O–H groups in total. The Morgan fingerprint density at radius 2 is 2.13 bits per heavy atom. The van der Waals surface area contributed by atoms with Gasteiger partial charge >= 0.3 is 0 Å². The van der Waals surface area contributed by atoms with Crippen molar-refractivity contribution in [1.29, 1.82) is 0 Å². The lowest BCUT2D eigenvalue weighted by molar-refractivity contribution is 0.315. The summed E-state index contributed by atoms with van der Waals surface area (Å²) >= 11 is 0. The molecule has 2 aromatic rings. The van der Waals surface area contributed by atoms with Crippen LogP contribution < -0.4 is 11.1 Å². The van der Waals surface area contributed by atoms with Crippen LogP contribution in [0.25, 0.3) is 0 Å². The lowest BCUT2D eigenvalue weighted by Gasteiger charge is -2.25. The smallest absolute Gasteiger partial charge is 0.189 e. The Kier molecular flexibility index (Phi) is 5.29. The van der Waals surface area contributed by atoms with E-state index >= 15 is 0 Å². The molecule has 1 fully saturated rings. The third kappa shape index (κ3) is 4.58. The van der Waals surface area contributed by atoms with E-state index in [0.29, 0.717) is 12.5 Å². The van der Waals surface area contributed by atoms with Gasteiger partial charge in [-0.2, -0.15) is 0 Å². The van der Waals surface area contributed by atoms with Gasteiger partial charge in [-0.1, -0.05) is 36.8 Å². The van der Waals surface area contributed by atoms with Crippen molar-refractivity contribution >= 4 is 5.96 Å². The molecule has 1 aromatic heterocycles. The van der Waals surface area contributed by atoms with E-state index in [1.807, 2.05) is 18.5 Å². The minimum absolute atomic E-state index is 0.519. The zero-order valence-electron chi connectivity index (χ0n) is 13.5. The number of nitrogens with one attached hydrogen (secondary N) is 1. The molecule has 0 bridgehead atoms. The van der Waals surface area contributed by atoms with Crippen LogP contribution in [0.2, 0.25) is 0 Å². The standard InChI is InChI=1S/C18H25N5/c19-18(21-13-16-7-4-8-16)22-14-17-20-10-12-23(17)11-9-15-5-2-1-3-6-15/h1-3,5-6,10,12,16H,4,7-9,11,13-14H2,(H3,19,21,22). The summed E-state index contributed by atoms with van der Waals surface area (Å²) in [7, 11) is 0. The number of nitrogens with two attached hydrogens (primary N) is 1. The molecule has 0 spiro atoms. The summed E-state index contributed by atoms with van der Waals surface area (Å²) in [5.41, 5.74) is 7.27. The van der Waals surface area contributed by atoms with E-state index in [0.717, 1.165) is 31.3 Å². The van der Waals surface area contributed by atoms with Gasteiger partial charge in [0, 0.05) is 25.5 Å². The molecule has 0 radical (unpaired) electrons. The zero-order valence-corrected chi connectivity index (χ0v) is 13.5. The fraction of sp³-hybridized carbons (Fsp3) is 0.444. The summed E-state index contributed by atoms with van der Waals surface area (Å²) < 4.78 is 2.15. The highest BCUT2D eigenvalue weighted by Gasteiger charge is 2.16. The molecule has 5 nitrogen and oxygen atoms in total. The third-order valence-corrected chi connectivity index (χ3v) is 4.47. The molecule has 3 rings (SSSR count). The van der Waals surface area contributed by atoms with Crippen LogP contribution in [0, 0.1) is 5.92 Å². The van der Waals surface area contributed by atoms with E-state index in [1.165, 1.54) is 24.8 Å². The Bertz CT molecular complexity index is 628. The lowest BCUT2D eigenvalue weighted by atomic mass is 9.85. The molecule has 1 aromatic carbocycles. The van der Waals surface area contributed by atoms with Crippen molar-refractivity contribution in [2.45, 2.75) is 38.8 Å². The predicted molar refractivity (Wildman–Crippen MR) is 93.0 cm³/mol. The van der Waals surface area contributed by atoms with Crippen molar-refractivity contribution in [3.05, 3.63) is 54.1 Å². The van der Waals surface area contributed by atoms with E-state index in [4.69, 9.17) is 5.73 Å². The van der Waals surface area contributed by atoms with Crippen LogP contribution in [0.3, 0.4) is 0 Å². The zero-order chi connectivity index (χ0) is 15.9. The van der Waals surface area contributed by atoms with Crippen LogP contribution in [0.1, 0.15) is 30.7 Å². The number of hydrogen-bond donors (Lipinski definition) is 2. The Morgan fingerprint density at radius 1 is 1.30 bits per heavy atom. The molecule has 1 heterocycles. The van der Waals surface area contributed by atoms with Crippen LogP contribution in [-0.2, 0) is 19.5 Å². The van der Waals surface area contributed by atoms with Gasteiger partial charge in [-0.05, 0) is 30.7 Å². The second kappa shape index (κ2) is 7.81.